The van der Waals surface area contributed by atoms with E-state index in [1.807, 2.05) is 61.0 Å². The van der Waals surface area contributed by atoms with Gasteiger partial charge in [-0.05, 0) is 60.4 Å². The molecule has 5 rings (SSSR count). The minimum absolute atomic E-state index is 0.159. The van der Waals surface area contributed by atoms with Gasteiger partial charge in [-0.25, -0.2) is 9.78 Å². The summed E-state index contributed by atoms with van der Waals surface area (Å²) in [6, 6.07) is 9.22. The number of halogens is 1. The Labute approximate surface area is 209 Å². The first-order valence-electron chi connectivity index (χ1n) is 11.7. The average Bonchev–Trinajstić information content (AvgIpc) is 3.15. The fourth-order valence-corrected chi connectivity index (χ4v) is 5.34. The number of carbonyl (C=O) groups is 1. The highest BCUT2D eigenvalue weighted by Gasteiger charge is 2.37. The summed E-state index contributed by atoms with van der Waals surface area (Å²) in [6.07, 6.45) is 7.44. The second kappa shape index (κ2) is 9.11. The number of nitrogens with two attached hydrogens (primary N) is 1. The molecule has 0 bridgehead atoms. The van der Waals surface area contributed by atoms with Crippen LogP contribution in [0.4, 0.5) is 4.79 Å². The number of nitrogens with zero attached hydrogens (tertiary/aromatic N) is 5. The van der Waals surface area contributed by atoms with E-state index in [1.54, 1.807) is 17.3 Å². The number of urea groups is 1. The Morgan fingerprint density at radius 1 is 1.20 bits per heavy atom. The van der Waals surface area contributed by atoms with E-state index in [2.05, 4.69) is 9.88 Å². The lowest BCUT2D eigenvalue weighted by Gasteiger charge is -2.39. The highest BCUT2D eigenvalue weighted by Crippen LogP contribution is 2.44. The maximum Gasteiger partial charge on any atom is 0.314 e. The Morgan fingerprint density at radius 2 is 1.97 bits per heavy atom. The third-order valence-corrected chi connectivity index (χ3v) is 7.24. The molecule has 2 amide bonds. The van der Waals surface area contributed by atoms with Gasteiger partial charge in [-0.2, -0.15) is 0 Å². The number of hydrogen-bond donors (Lipinski definition) is 2. The zero-order valence-corrected chi connectivity index (χ0v) is 20.6. The standard InChI is InChI=1S/C26H29ClN6O2/c1-17-29-8-9-33(17)16-26(2,35)22-14-18-4-3-7-30-23(18)24(20-6-5-19(27)15-21(20)22)31-10-12-32(13-11-31)25(28)34/h3-9,14-15,24,35H,10-13,16H2,1-2H3,(H2,28,34). The molecule has 0 spiro atoms. The average molecular weight is 493 g/mol. The van der Waals surface area contributed by atoms with Gasteiger partial charge in [-0.15, -0.1) is 0 Å². The molecule has 1 saturated heterocycles. The number of aliphatic hydroxyl groups is 1. The number of aromatic nitrogens is 3. The van der Waals surface area contributed by atoms with Crippen LogP contribution in [0.2, 0.25) is 5.02 Å². The van der Waals surface area contributed by atoms with Gasteiger partial charge in [0.15, 0.2) is 0 Å². The Hall–Kier alpha value is -3.20. The number of benzene rings is 1. The molecular weight excluding hydrogens is 464 g/mol. The molecule has 3 heterocycles. The molecule has 1 aliphatic heterocycles. The van der Waals surface area contributed by atoms with E-state index >= 15 is 0 Å². The Kier molecular flexibility index (Phi) is 6.13. The van der Waals surface area contributed by atoms with Crippen molar-refractivity contribution >= 4 is 29.3 Å². The molecule has 1 aromatic carbocycles. The van der Waals surface area contributed by atoms with Crippen molar-refractivity contribution in [3.8, 4) is 0 Å². The number of fused-ring (bicyclic) bond motifs is 2. The first kappa shape index (κ1) is 23.5. The second-order valence-electron chi connectivity index (χ2n) is 9.41. The summed E-state index contributed by atoms with van der Waals surface area (Å²) < 4.78 is 1.95. The third kappa shape index (κ3) is 4.45. The Balaban J connectivity index is 1.63. The van der Waals surface area contributed by atoms with Crippen LogP contribution in [-0.2, 0) is 6.54 Å². The number of pyridine rings is 1. The van der Waals surface area contributed by atoms with Gasteiger partial charge >= 0.3 is 6.03 Å². The molecule has 0 saturated carbocycles. The van der Waals surface area contributed by atoms with E-state index < -0.39 is 11.6 Å². The van der Waals surface area contributed by atoms with Crippen LogP contribution in [0.3, 0.4) is 0 Å². The van der Waals surface area contributed by atoms with E-state index in [-0.39, 0.29) is 6.04 Å². The summed E-state index contributed by atoms with van der Waals surface area (Å²) in [5.41, 5.74) is 8.85. The fourth-order valence-electron chi connectivity index (χ4n) is 5.16. The topological polar surface area (TPSA) is 101 Å². The summed E-state index contributed by atoms with van der Waals surface area (Å²) in [5, 5.41) is 12.5. The van der Waals surface area contributed by atoms with E-state index in [9.17, 15) is 9.90 Å². The molecule has 182 valence electrons. The lowest BCUT2D eigenvalue weighted by atomic mass is 9.85. The fraction of sp³-hybridized carbons (Fsp3) is 0.346. The van der Waals surface area contributed by atoms with Gasteiger partial charge in [0, 0.05) is 49.8 Å². The zero-order valence-electron chi connectivity index (χ0n) is 19.9. The molecule has 2 unspecified atom stereocenters. The molecular formula is C26H29ClN6O2. The van der Waals surface area contributed by atoms with E-state index in [0.29, 0.717) is 37.7 Å². The van der Waals surface area contributed by atoms with Crippen LogP contribution >= 0.6 is 11.6 Å². The molecule has 0 radical (unpaired) electrons. The number of carbonyl (C=O) groups excluding carboxylic acids is 1. The molecule has 1 fully saturated rings. The summed E-state index contributed by atoms with van der Waals surface area (Å²) in [4.78, 5) is 24.8. The SMILES string of the molecule is Cc1nccn1CC(C)(O)C1=Cc2cccnc2C(N2CCN(C(N)=O)CC2)c2ccc(Cl)cc21. The minimum atomic E-state index is -1.21. The lowest BCUT2D eigenvalue weighted by Crippen LogP contribution is -2.51. The first-order chi connectivity index (χ1) is 16.7. The van der Waals surface area contributed by atoms with Crippen LogP contribution in [0.25, 0.3) is 11.6 Å². The first-order valence-corrected chi connectivity index (χ1v) is 12.1. The molecule has 8 nitrogen and oxygen atoms in total. The van der Waals surface area contributed by atoms with Gasteiger partial charge < -0.3 is 20.3 Å². The number of aryl methyl sites for hydroxylation is 1. The van der Waals surface area contributed by atoms with Crippen molar-refractivity contribution < 1.29 is 9.90 Å². The second-order valence-corrected chi connectivity index (χ2v) is 9.84. The van der Waals surface area contributed by atoms with Crippen LogP contribution in [0, 0.1) is 6.92 Å². The number of primary amides is 1. The van der Waals surface area contributed by atoms with Crippen molar-refractivity contribution in [1.29, 1.82) is 0 Å². The molecule has 2 aliphatic rings. The van der Waals surface area contributed by atoms with E-state index in [1.165, 1.54) is 0 Å². The van der Waals surface area contributed by atoms with Gasteiger partial charge in [-0.3, -0.25) is 9.88 Å². The number of amides is 2. The molecule has 35 heavy (non-hydrogen) atoms. The van der Waals surface area contributed by atoms with Crippen LogP contribution in [0.5, 0.6) is 0 Å². The number of piperazine rings is 1. The quantitative estimate of drug-likeness (QED) is 0.581. The number of imidazole rings is 1. The molecule has 3 N–H and O–H groups in total. The van der Waals surface area contributed by atoms with Crippen LogP contribution < -0.4 is 5.73 Å². The Morgan fingerprint density at radius 3 is 2.66 bits per heavy atom. The van der Waals surface area contributed by atoms with Crippen LogP contribution in [0.1, 0.15) is 41.2 Å². The predicted molar refractivity (Wildman–Crippen MR) is 136 cm³/mol. The van der Waals surface area contributed by atoms with Crippen molar-refractivity contribution in [1.82, 2.24) is 24.3 Å². The van der Waals surface area contributed by atoms with Crippen molar-refractivity contribution in [3.05, 3.63) is 82.2 Å². The maximum absolute atomic E-state index is 11.9. The van der Waals surface area contributed by atoms with Crippen LogP contribution in [0.15, 0.2) is 48.9 Å². The number of rotatable bonds is 4. The molecule has 1 aliphatic carbocycles. The zero-order chi connectivity index (χ0) is 24.7. The van der Waals surface area contributed by atoms with Gasteiger partial charge in [0.1, 0.15) is 11.4 Å². The van der Waals surface area contributed by atoms with E-state index in [0.717, 1.165) is 33.8 Å². The molecule has 2 atom stereocenters. The number of hydrogen-bond acceptors (Lipinski definition) is 5. The molecule has 3 aromatic rings. The minimum Gasteiger partial charge on any atom is -0.384 e. The summed E-state index contributed by atoms with van der Waals surface area (Å²) >= 11 is 6.50. The van der Waals surface area contributed by atoms with Gasteiger partial charge in [-0.1, -0.05) is 23.7 Å². The van der Waals surface area contributed by atoms with Crippen molar-refractivity contribution in [2.75, 3.05) is 26.2 Å². The smallest absolute Gasteiger partial charge is 0.314 e. The van der Waals surface area contributed by atoms with Crippen LogP contribution in [-0.4, -0.2) is 67.3 Å². The van der Waals surface area contributed by atoms with Crippen molar-refractivity contribution in [2.24, 2.45) is 5.73 Å². The molecule has 2 aromatic heterocycles. The highest BCUT2D eigenvalue weighted by atomic mass is 35.5. The summed E-state index contributed by atoms with van der Waals surface area (Å²) in [7, 11) is 0. The maximum atomic E-state index is 11.9. The summed E-state index contributed by atoms with van der Waals surface area (Å²) in [5.74, 6) is 0.832. The van der Waals surface area contributed by atoms with Gasteiger partial charge in [0.2, 0.25) is 0 Å². The van der Waals surface area contributed by atoms with E-state index in [4.69, 9.17) is 22.3 Å². The Bertz CT molecular complexity index is 1290. The van der Waals surface area contributed by atoms with Crippen molar-refractivity contribution in [3.63, 3.8) is 0 Å². The van der Waals surface area contributed by atoms with Crippen molar-refractivity contribution in [2.45, 2.75) is 32.0 Å². The predicted octanol–water partition coefficient (Wildman–Crippen LogP) is 3.33. The largest absolute Gasteiger partial charge is 0.384 e. The summed E-state index contributed by atoms with van der Waals surface area (Å²) in [6.45, 7) is 6.50. The lowest BCUT2D eigenvalue weighted by molar-refractivity contribution is 0.102. The molecule has 9 heteroatoms. The highest BCUT2D eigenvalue weighted by molar-refractivity contribution is 6.30. The van der Waals surface area contributed by atoms with Gasteiger partial charge in [0.25, 0.3) is 0 Å². The van der Waals surface area contributed by atoms with Gasteiger partial charge in [0.05, 0.1) is 18.3 Å². The monoisotopic (exact) mass is 492 g/mol. The third-order valence-electron chi connectivity index (χ3n) is 7.00. The normalized spacial score (nSPS) is 19.8.